The number of hydrogen-bond donors (Lipinski definition) is 0. The van der Waals surface area contributed by atoms with E-state index in [1.54, 1.807) is 8.46 Å². The van der Waals surface area contributed by atoms with Gasteiger partial charge in [0.1, 0.15) is 0 Å². The van der Waals surface area contributed by atoms with E-state index in [4.69, 9.17) is 4.74 Å². The Labute approximate surface area is 295 Å². The zero-order chi connectivity index (χ0) is 33.5. The number of rotatable bonds is 13. The van der Waals surface area contributed by atoms with Crippen molar-refractivity contribution < 1.29 is 4.74 Å². The normalized spacial score (nSPS) is 13.5. The summed E-state index contributed by atoms with van der Waals surface area (Å²) in [5.74, 6) is 0.982. The molecule has 0 fully saturated rings. The van der Waals surface area contributed by atoms with Crippen molar-refractivity contribution in [2.45, 2.75) is 144 Å². The Hall–Kier alpha value is -1.02. The van der Waals surface area contributed by atoms with Crippen LogP contribution in [0.4, 0.5) is 0 Å². The van der Waals surface area contributed by atoms with Gasteiger partial charge >= 0.3 is 271 Å². The molecule has 5 aromatic rings. The van der Waals surface area contributed by atoms with Crippen LogP contribution in [0.2, 0.25) is 10.3 Å². The van der Waals surface area contributed by atoms with Crippen LogP contribution in [0.3, 0.4) is 0 Å². The average molecular weight is 785 g/mol. The van der Waals surface area contributed by atoms with E-state index in [1.807, 2.05) is 11.3 Å². The van der Waals surface area contributed by atoms with E-state index in [2.05, 4.69) is 139 Å². The van der Waals surface area contributed by atoms with Crippen molar-refractivity contribution in [2.75, 3.05) is 6.61 Å². The van der Waals surface area contributed by atoms with Gasteiger partial charge < -0.3 is 0 Å². The van der Waals surface area contributed by atoms with Crippen molar-refractivity contribution in [2.24, 2.45) is 0 Å². The Morgan fingerprint density at radius 3 is 1.87 bits per heavy atom. The van der Waals surface area contributed by atoms with Crippen LogP contribution in [0.15, 0.2) is 35.7 Å². The number of ether oxygens (including phenoxy) is 1. The predicted octanol–water partition coefficient (Wildman–Crippen LogP) is 14.3. The first-order chi connectivity index (χ1) is 21.7. The number of fused-ring (bicyclic) bond motifs is 5. The number of aromatic nitrogens is 1. The van der Waals surface area contributed by atoms with E-state index < -0.39 is 18.4 Å². The van der Waals surface area contributed by atoms with Gasteiger partial charge in [0.05, 0.1) is 0 Å². The molecular weight excluding hydrogens is 725 g/mol. The standard InChI is InChI=1S/C28H32NOS3.3C4H9.Sn/c1-3-5-7-9-11-20-19-32-27-24-28(33-25(20)27)26-23(16-18-31-26)29(24)21-12-14-22(15-13-21)30-17-10-8-6-4-2;3*1-4(2)3;/h12-16,19H,3-11,17H2,1-2H3;3*1-3H3;. The molecule has 0 atom stereocenters. The monoisotopic (exact) mass is 785 g/mol. The quantitative estimate of drug-likeness (QED) is 0.0857. The summed E-state index contributed by atoms with van der Waals surface area (Å²) in [6.07, 6.45) is 11.4. The fourth-order valence-electron chi connectivity index (χ4n) is 9.36. The Morgan fingerprint density at radius 1 is 0.674 bits per heavy atom. The molecule has 0 aliphatic rings. The molecule has 0 aliphatic heterocycles. The summed E-state index contributed by atoms with van der Waals surface area (Å²) in [5, 5.41) is 2.46. The van der Waals surface area contributed by atoms with Gasteiger partial charge in [0.15, 0.2) is 0 Å². The molecule has 46 heavy (non-hydrogen) atoms. The summed E-state index contributed by atoms with van der Waals surface area (Å²) in [4.78, 5) is 0. The molecule has 0 bridgehead atoms. The van der Waals surface area contributed by atoms with Crippen LogP contribution in [0.1, 0.15) is 133 Å². The van der Waals surface area contributed by atoms with E-state index in [9.17, 15) is 0 Å². The van der Waals surface area contributed by atoms with Gasteiger partial charge in [-0.2, -0.15) is 0 Å². The van der Waals surface area contributed by atoms with Crippen molar-refractivity contribution in [3.63, 3.8) is 0 Å². The maximum absolute atomic E-state index is 6.18. The van der Waals surface area contributed by atoms with Crippen LogP contribution < -0.4 is 7.63 Å². The summed E-state index contributed by atoms with van der Waals surface area (Å²) in [6, 6.07) is 11.7. The molecule has 0 N–H and O–H groups in total. The second-order valence-electron chi connectivity index (χ2n) is 16.6. The molecule has 5 rings (SSSR count). The van der Waals surface area contributed by atoms with E-state index in [0.717, 1.165) is 18.8 Å². The van der Waals surface area contributed by atoms with Gasteiger partial charge in [-0.25, -0.2) is 0 Å². The first-order valence-corrected chi connectivity index (χ1v) is 26.1. The van der Waals surface area contributed by atoms with Gasteiger partial charge in [0.2, 0.25) is 0 Å². The molecule has 0 saturated carbocycles. The van der Waals surface area contributed by atoms with E-state index in [0.29, 0.717) is 0 Å². The Bertz CT molecular complexity index is 1710. The third-order valence-electron chi connectivity index (χ3n) is 10.2. The maximum atomic E-state index is 6.18. The van der Waals surface area contributed by atoms with Crippen molar-refractivity contribution in [3.05, 3.63) is 41.3 Å². The topological polar surface area (TPSA) is 14.2 Å². The molecule has 0 amide bonds. The second kappa shape index (κ2) is 14.1. The third-order valence-corrected chi connectivity index (χ3v) is 38.5. The Kier molecular flexibility index (Phi) is 11.1. The Morgan fingerprint density at radius 2 is 1.28 bits per heavy atom. The van der Waals surface area contributed by atoms with Gasteiger partial charge in [0.25, 0.3) is 0 Å². The molecule has 4 aromatic heterocycles. The number of nitrogens with zero attached hydrogens (tertiary/aromatic N) is 1. The average Bonchev–Trinajstić information content (AvgIpc) is 3.69. The number of unbranched alkanes of at least 4 members (excludes halogenated alkanes) is 6. The van der Waals surface area contributed by atoms with Crippen molar-refractivity contribution in [1.29, 1.82) is 0 Å². The van der Waals surface area contributed by atoms with Gasteiger partial charge in [-0.15, -0.1) is 0 Å². The second-order valence-corrected chi connectivity index (χ2v) is 39.2. The molecule has 0 unspecified atom stereocenters. The first kappa shape index (κ1) is 36.3. The van der Waals surface area contributed by atoms with Crippen LogP contribution in [0.25, 0.3) is 35.5 Å². The molecule has 0 saturated heterocycles. The first-order valence-electron chi connectivity index (χ1n) is 17.9. The summed E-state index contributed by atoms with van der Waals surface area (Å²) in [6.45, 7) is 28.4. The van der Waals surface area contributed by atoms with Gasteiger partial charge in [-0.3, -0.25) is 0 Å². The number of thiophene rings is 3. The molecule has 0 radical (unpaired) electrons. The number of hydrogen-bond acceptors (Lipinski definition) is 4. The molecule has 252 valence electrons. The fraction of sp³-hybridized carbons (Fsp3) is 0.600. The third kappa shape index (κ3) is 6.50. The molecule has 1 aromatic carbocycles. The van der Waals surface area contributed by atoms with Crippen molar-refractivity contribution in [3.8, 4) is 11.4 Å². The van der Waals surface area contributed by atoms with Crippen LogP contribution in [-0.2, 0) is 6.42 Å². The summed E-state index contributed by atoms with van der Waals surface area (Å²) >= 11 is 2.99. The SMILES string of the molecule is CCCCCCOc1ccc(-n2c3c[c]([Sn]([C](C)(C)C)([C](C)(C)C)[C](C)(C)C)sc3c3sc4c(CCCCCC)csc4c32)cc1. The molecule has 6 heteroatoms. The summed E-state index contributed by atoms with van der Waals surface area (Å²) < 4.78 is 17.4. The van der Waals surface area contributed by atoms with Gasteiger partial charge in [-0.05, 0) is 0 Å². The fourth-order valence-corrected chi connectivity index (χ4v) is 48.2. The number of aryl methyl sites for hydroxylation is 1. The van der Waals surface area contributed by atoms with Crippen LogP contribution >= 0.6 is 34.0 Å². The predicted molar refractivity (Wildman–Crippen MR) is 214 cm³/mol. The summed E-state index contributed by atoms with van der Waals surface area (Å²) in [7, 11) is 0. The van der Waals surface area contributed by atoms with E-state index in [-0.39, 0.29) is 10.3 Å². The van der Waals surface area contributed by atoms with Gasteiger partial charge in [0, 0.05) is 0 Å². The minimum absolute atomic E-state index is 0.273. The Balaban J connectivity index is 1.70. The summed E-state index contributed by atoms with van der Waals surface area (Å²) in [5.41, 5.74) is 5.65. The van der Waals surface area contributed by atoms with Crippen LogP contribution in [0.5, 0.6) is 5.75 Å². The van der Waals surface area contributed by atoms with Crippen LogP contribution in [-0.4, -0.2) is 29.6 Å². The molecule has 0 aliphatic carbocycles. The van der Waals surface area contributed by atoms with E-state index >= 15 is 0 Å². The molecule has 4 heterocycles. The number of benzene rings is 1. The zero-order valence-corrected chi connectivity index (χ0v) is 35.9. The van der Waals surface area contributed by atoms with Crippen LogP contribution in [0, 0.1) is 0 Å². The van der Waals surface area contributed by atoms with E-state index in [1.165, 1.54) is 86.9 Å². The molecule has 0 spiro atoms. The van der Waals surface area contributed by atoms with Crippen molar-refractivity contribution in [1.82, 2.24) is 4.57 Å². The molecular formula is C40H59NOS3Sn. The zero-order valence-electron chi connectivity index (χ0n) is 30.6. The minimum atomic E-state index is -3.21. The van der Waals surface area contributed by atoms with Crippen molar-refractivity contribution >= 4 is 85.1 Å². The van der Waals surface area contributed by atoms with Gasteiger partial charge in [-0.1, -0.05) is 26.7 Å². The molecule has 2 nitrogen and oxygen atoms in total.